The standard InChI is InChI=1S/C25H35N3O3S/c1-20-11-12-24(16-21(20)2)28(32(3,30)31)15-7-10-25(29)26-18-22-8-6-9-23(17-22)19-27-13-4-5-14-27/h6,8-9,11-12,16-17H,4-5,7,10,13-15,18-19H2,1-3H3,(H,26,29). The van der Waals surface area contributed by atoms with Crippen LogP contribution in [0.1, 0.15) is 47.9 Å². The molecule has 3 rings (SSSR count). The number of rotatable bonds is 10. The van der Waals surface area contributed by atoms with Gasteiger partial charge in [0.1, 0.15) is 0 Å². The molecule has 174 valence electrons. The van der Waals surface area contributed by atoms with Crippen LogP contribution in [-0.4, -0.2) is 45.1 Å². The molecule has 2 aromatic rings. The molecule has 32 heavy (non-hydrogen) atoms. The molecule has 1 fully saturated rings. The van der Waals surface area contributed by atoms with Crippen molar-refractivity contribution in [2.24, 2.45) is 0 Å². The molecule has 0 bridgehead atoms. The molecule has 0 aliphatic carbocycles. The molecule has 7 heteroatoms. The predicted molar refractivity (Wildman–Crippen MR) is 130 cm³/mol. The minimum absolute atomic E-state index is 0.0662. The van der Waals surface area contributed by atoms with Gasteiger partial charge >= 0.3 is 0 Å². The van der Waals surface area contributed by atoms with Crippen LogP contribution >= 0.6 is 0 Å². The Labute approximate surface area is 192 Å². The summed E-state index contributed by atoms with van der Waals surface area (Å²) in [7, 11) is -3.42. The molecule has 1 amide bonds. The molecular weight excluding hydrogens is 422 g/mol. The zero-order valence-corrected chi connectivity index (χ0v) is 20.2. The first-order valence-corrected chi connectivity index (χ1v) is 13.2. The summed E-state index contributed by atoms with van der Waals surface area (Å²) in [6.07, 6.45) is 4.49. The first kappa shape index (κ1) is 24.3. The van der Waals surface area contributed by atoms with Crippen molar-refractivity contribution in [1.29, 1.82) is 0 Å². The topological polar surface area (TPSA) is 69.7 Å². The van der Waals surface area contributed by atoms with E-state index in [1.807, 2.05) is 44.2 Å². The van der Waals surface area contributed by atoms with E-state index in [0.29, 0.717) is 18.7 Å². The Morgan fingerprint density at radius 2 is 1.75 bits per heavy atom. The van der Waals surface area contributed by atoms with Crippen LogP contribution < -0.4 is 9.62 Å². The van der Waals surface area contributed by atoms with Crippen molar-refractivity contribution >= 4 is 21.6 Å². The molecule has 0 saturated carbocycles. The normalized spacial score (nSPS) is 14.5. The Morgan fingerprint density at radius 3 is 2.44 bits per heavy atom. The van der Waals surface area contributed by atoms with E-state index in [1.54, 1.807) is 0 Å². The monoisotopic (exact) mass is 457 g/mol. The quantitative estimate of drug-likeness (QED) is 0.590. The highest BCUT2D eigenvalue weighted by molar-refractivity contribution is 7.92. The maximum absolute atomic E-state index is 12.4. The number of aryl methyl sites for hydroxylation is 2. The van der Waals surface area contributed by atoms with E-state index in [2.05, 4.69) is 22.3 Å². The lowest BCUT2D eigenvalue weighted by Crippen LogP contribution is -2.32. The van der Waals surface area contributed by atoms with E-state index in [-0.39, 0.29) is 18.9 Å². The highest BCUT2D eigenvalue weighted by atomic mass is 32.2. The second-order valence-electron chi connectivity index (χ2n) is 8.79. The van der Waals surface area contributed by atoms with Gasteiger partial charge in [0.15, 0.2) is 0 Å². The second-order valence-corrected chi connectivity index (χ2v) is 10.7. The highest BCUT2D eigenvalue weighted by Gasteiger charge is 2.18. The molecule has 0 unspecified atom stereocenters. The number of carbonyl (C=O) groups excluding carboxylic acids is 1. The van der Waals surface area contributed by atoms with E-state index < -0.39 is 10.0 Å². The first-order chi connectivity index (χ1) is 15.2. The number of likely N-dealkylation sites (tertiary alicyclic amines) is 1. The molecule has 1 aliphatic heterocycles. The van der Waals surface area contributed by atoms with E-state index in [1.165, 1.54) is 29.0 Å². The Kier molecular flexibility index (Phi) is 8.32. The number of nitrogens with zero attached hydrogens (tertiary/aromatic N) is 2. The van der Waals surface area contributed by atoms with Crippen molar-refractivity contribution in [3.05, 3.63) is 64.7 Å². The van der Waals surface area contributed by atoms with Crippen LogP contribution in [0.25, 0.3) is 0 Å². The van der Waals surface area contributed by atoms with Gasteiger partial charge in [-0.3, -0.25) is 14.0 Å². The minimum atomic E-state index is -3.42. The van der Waals surface area contributed by atoms with Crippen molar-refractivity contribution in [1.82, 2.24) is 10.2 Å². The smallest absolute Gasteiger partial charge is 0.232 e. The van der Waals surface area contributed by atoms with Crippen LogP contribution in [-0.2, 0) is 27.9 Å². The molecule has 0 atom stereocenters. The van der Waals surface area contributed by atoms with Gasteiger partial charge < -0.3 is 5.32 Å². The van der Waals surface area contributed by atoms with Crippen molar-refractivity contribution in [2.75, 3.05) is 30.2 Å². The van der Waals surface area contributed by atoms with E-state index in [0.717, 1.165) is 36.3 Å². The van der Waals surface area contributed by atoms with E-state index in [4.69, 9.17) is 0 Å². The van der Waals surface area contributed by atoms with Crippen LogP contribution in [0.15, 0.2) is 42.5 Å². The molecular formula is C25H35N3O3S. The Morgan fingerprint density at radius 1 is 1.03 bits per heavy atom. The van der Waals surface area contributed by atoms with Gasteiger partial charge in [-0.25, -0.2) is 8.42 Å². The maximum atomic E-state index is 12.4. The molecule has 0 spiro atoms. The third-order valence-electron chi connectivity index (χ3n) is 6.03. The van der Waals surface area contributed by atoms with Gasteiger partial charge in [0.2, 0.25) is 15.9 Å². The number of benzene rings is 2. The minimum Gasteiger partial charge on any atom is -0.352 e. The number of hydrogen-bond acceptors (Lipinski definition) is 4. The molecule has 0 aromatic heterocycles. The average Bonchev–Trinajstić information content (AvgIpc) is 3.24. The summed E-state index contributed by atoms with van der Waals surface area (Å²) in [6, 6.07) is 14.0. The zero-order valence-electron chi connectivity index (χ0n) is 19.4. The molecule has 1 aliphatic rings. The van der Waals surface area contributed by atoms with Gasteiger partial charge in [-0.1, -0.05) is 30.3 Å². The van der Waals surface area contributed by atoms with Gasteiger partial charge in [-0.05, 0) is 80.6 Å². The fraction of sp³-hybridized carbons (Fsp3) is 0.480. The molecule has 1 heterocycles. The number of anilines is 1. The molecule has 1 saturated heterocycles. The van der Waals surface area contributed by atoms with Gasteiger partial charge in [0, 0.05) is 26.1 Å². The summed E-state index contributed by atoms with van der Waals surface area (Å²) >= 11 is 0. The number of carbonyl (C=O) groups is 1. The SMILES string of the molecule is Cc1ccc(N(CCCC(=O)NCc2cccc(CN3CCCC3)c2)S(C)(=O)=O)cc1C. The largest absolute Gasteiger partial charge is 0.352 e. The lowest BCUT2D eigenvalue weighted by Gasteiger charge is -2.23. The van der Waals surface area contributed by atoms with Crippen LogP contribution in [0.5, 0.6) is 0 Å². The van der Waals surface area contributed by atoms with Crippen molar-refractivity contribution in [2.45, 2.75) is 52.6 Å². The first-order valence-electron chi connectivity index (χ1n) is 11.3. The zero-order chi connectivity index (χ0) is 23.1. The average molecular weight is 458 g/mol. The lowest BCUT2D eigenvalue weighted by atomic mass is 10.1. The third kappa shape index (κ3) is 7.07. The number of hydrogen-bond donors (Lipinski definition) is 1. The number of amides is 1. The summed E-state index contributed by atoms with van der Waals surface area (Å²) in [5.74, 6) is -0.0662. The van der Waals surface area contributed by atoms with Crippen molar-refractivity contribution in [3.8, 4) is 0 Å². The summed E-state index contributed by atoms with van der Waals surface area (Å²) < 4.78 is 26.0. The molecule has 6 nitrogen and oxygen atoms in total. The summed E-state index contributed by atoms with van der Waals surface area (Å²) in [6.45, 7) is 8.01. The predicted octanol–water partition coefficient (Wildman–Crippen LogP) is 3.76. The molecule has 0 radical (unpaired) electrons. The van der Waals surface area contributed by atoms with Crippen molar-refractivity contribution in [3.63, 3.8) is 0 Å². The van der Waals surface area contributed by atoms with Gasteiger partial charge in [0.25, 0.3) is 0 Å². The fourth-order valence-corrected chi connectivity index (χ4v) is 5.03. The van der Waals surface area contributed by atoms with Crippen LogP contribution in [0.3, 0.4) is 0 Å². The lowest BCUT2D eigenvalue weighted by molar-refractivity contribution is -0.121. The van der Waals surface area contributed by atoms with Gasteiger partial charge in [0.05, 0.1) is 11.9 Å². The van der Waals surface area contributed by atoms with Crippen LogP contribution in [0, 0.1) is 13.8 Å². The number of sulfonamides is 1. The van der Waals surface area contributed by atoms with E-state index >= 15 is 0 Å². The Hall–Kier alpha value is -2.38. The third-order valence-corrected chi connectivity index (χ3v) is 7.22. The summed E-state index contributed by atoms with van der Waals surface area (Å²) in [5.41, 5.74) is 5.16. The highest BCUT2D eigenvalue weighted by Crippen LogP contribution is 2.22. The van der Waals surface area contributed by atoms with Crippen LogP contribution in [0.4, 0.5) is 5.69 Å². The van der Waals surface area contributed by atoms with E-state index in [9.17, 15) is 13.2 Å². The Balaban J connectivity index is 1.49. The second kappa shape index (κ2) is 11.0. The maximum Gasteiger partial charge on any atom is 0.232 e. The fourth-order valence-electron chi connectivity index (χ4n) is 4.08. The Bertz CT molecular complexity index is 1030. The van der Waals surface area contributed by atoms with Crippen LogP contribution in [0.2, 0.25) is 0 Å². The van der Waals surface area contributed by atoms with Gasteiger partial charge in [-0.15, -0.1) is 0 Å². The summed E-state index contributed by atoms with van der Waals surface area (Å²) in [4.78, 5) is 14.8. The van der Waals surface area contributed by atoms with Gasteiger partial charge in [-0.2, -0.15) is 0 Å². The molecule has 1 N–H and O–H groups in total. The summed E-state index contributed by atoms with van der Waals surface area (Å²) in [5, 5.41) is 2.97. The molecule has 2 aromatic carbocycles. The number of nitrogens with one attached hydrogen (secondary N) is 1. The van der Waals surface area contributed by atoms with Crippen molar-refractivity contribution < 1.29 is 13.2 Å².